The summed E-state index contributed by atoms with van der Waals surface area (Å²) in [5.74, 6) is 0.762. The predicted octanol–water partition coefficient (Wildman–Crippen LogP) is 16.0. The van der Waals surface area contributed by atoms with Crippen molar-refractivity contribution in [3.8, 4) is 108 Å². The van der Waals surface area contributed by atoms with Gasteiger partial charge >= 0.3 is 0 Å². The van der Waals surface area contributed by atoms with Gasteiger partial charge < -0.3 is 4.57 Å². The van der Waals surface area contributed by atoms with Gasteiger partial charge in [0.05, 0.1) is 69.3 Å². The van der Waals surface area contributed by atoms with E-state index in [1.807, 2.05) is 194 Å². The Morgan fingerprint density at radius 2 is 0.767 bits per heavy atom. The Morgan fingerprint density at radius 1 is 0.370 bits per heavy atom. The number of nitrogens with zero attached hydrogens (tertiary/aromatic N) is 8. The van der Waals surface area contributed by atoms with Gasteiger partial charge in [-0.05, 0) is 64.7 Å². The lowest BCUT2D eigenvalue weighted by Gasteiger charge is -2.20. The van der Waals surface area contributed by atoms with E-state index in [0.717, 1.165) is 66.3 Å². The SMILES string of the molecule is [C-]#[N+]c1ccccc1-c1ccc2c3ccc(-c4ccccc4C#N)cc3n(-c3c(-c4nc(-c5ccccc5)cc(-c5ccccc5)n4)cc(C#N)cc3-c3nc(-c4ccccc4)cc(-c4ccccc4)n3)c2c1. The van der Waals surface area contributed by atoms with Gasteiger partial charge in [0, 0.05) is 44.2 Å². The van der Waals surface area contributed by atoms with Gasteiger partial charge in [-0.25, -0.2) is 24.8 Å². The maximum atomic E-state index is 11.1. The zero-order valence-electron chi connectivity index (χ0n) is 39.0. The lowest BCUT2D eigenvalue weighted by atomic mass is 9.98. The maximum Gasteiger partial charge on any atom is 0.194 e. The first-order chi connectivity index (χ1) is 36.0. The van der Waals surface area contributed by atoms with Crippen LogP contribution in [-0.2, 0) is 0 Å². The summed E-state index contributed by atoms with van der Waals surface area (Å²) >= 11 is 0. The van der Waals surface area contributed by atoms with Gasteiger partial charge in [-0.15, -0.1) is 0 Å². The molecule has 9 aromatic carbocycles. The van der Waals surface area contributed by atoms with Crippen LogP contribution in [0.25, 0.3) is 122 Å². The van der Waals surface area contributed by atoms with E-state index in [2.05, 4.69) is 57.9 Å². The second-order valence-electron chi connectivity index (χ2n) is 17.5. The molecule has 0 aliphatic rings. The molecule has 0 unspecified atom stereocenters. The maximum absolute atomic E-state index is 11.1. The first-order valence-electron chi connectivity index (χ1n) is 23.7. The second-order valence-corrected chi connectivity index (χ2v) is 17.5. The minimum atomic E-state index is 0.356. The van der Waals surface area contributed by atoms with Crippen molar-refractivity contribution < 1.29 is 0 Å². The lowest BCUT2D eigenvalue weighted by molar-refractivity contribution is 1.12. The molecule has 8 heteroatoms. The fraction of sp³-hybridized carbons (Fsp3) is 0. The number of aromatic nitrogens is 5. The van der Waals surface area contributed by atoms with Gasteiger partial charge in [0.25, 0.3) is 0 Å². The molecular formula is C65H38N8. The molecule has 0 spiro atoms. The van der Waals surface area contributed by atoms with E-state index in [1.54, 1.807) is 0 Å². The summed E-state index contributed by atoms with van der Waals surface area (Å²) < 4.78 is 2.21. The van der Waals surface area contributed by atoms with Crippen LogP contribution in [0.2, 0.25) is 0 Å². The minimum absolute atomic E-state index is 0.356. The van der Waals surface area contributed by atoms with Crippen molar-refractivity contribution in [3.63, 3.8) is 0 Å². The Bertz CT molecular complexity index is 3840. The number of nitriles is 2. The van der Waals surface area contributed by atoms with Crippen LogP contribution >= 0.6 is 0 Å². The molecule has 0 saturated carbocycles. The summed E-state index contributed by atoms with van der Waals surface area (Å²) in [7, 11) is 0. The van der Waals surface area contributed by atoms with E-state index in [0.29, 0.717) is 68.1 Å². The van der Waals surface area contributed by atoms with Gasteiger partial charge in [-0.3, -0.25) is 0 Å². The van der Waals surface area contributed by atoms with Gasteiger partial charge in [0.15, 0.2) is 17.3 Å². The number of hydrogen-bond acceptors (Lipinski definition) is 6. The van der Waals surface area contributed by atoms with Crippen molar-refractivity contribution in [3.05, 3.63) is 253 Å². The molecule has 0 fully saturated rings. The highest BCUT2D eigenvalue weighted by molar-refractivity contribution is 6.12. The van der Waals surface area contributed by atoms with Crippen molar-refractivity contribution in [2.24, 2.45) is 0 Å². The van der Waals surface area contributed by atoms with E-state index < -0.39 is 0 Å². The standard InChI is InChI=1S/C65H38N8/c1-68-56-29-17-16-28-51(56)48-31-33-53-52-32-30-47(50-27-15-14-26-49(50)41-67)36-61(52)73(62(53)37-48)63-54(64-69-57(43-18-6-2-7-19-43)38-58(70-64)44-20-8-3-9-21-44)34-42(40-66)35-55(63)65-71-59(45-22-10-4-11-23-45)39-60(72-65)46-24-12-5-13-25-46/h2-39H. The zero-order valence-corrected chi connectivity index (χ0v) is 39.0. The van der Waals surface area contributed by atoms with Crippen molar-refractivity contribution in [1.29, 1.82) is 10.5 Å². The van der Waals surface area contributed by atoms with Gasteiger partial charge in [-0.1, -0.05) is 188 Å². The molecule has 0 bridgehead atoms. The summed E-state index contributed by atoms with van der Waals surface area (Å²) in [5, 5.41) is 23.4. The lowest BCUT2D eigenvalue weighted by Crippen LogP contribution is -2.07. The van der Waals surface area contributed by atoms with Crippen LogP contribution in [0.15, 0.2) is 231 Å². The highest BCUT2D eigenvalue weighted by Crippen LogP contribution is 2.45. The smallest absolute Gasteiger partial charge is 0.194 e. The fourth-order valence-corrected chi connectivity index (χ4v) is 9.69. The van der Waals surface area contributed by atoms with Gasteiger partial charge in [-0.2, -0.15) is 10.5 Å². The minimum Gasteiger partial charge on any atom is -0.308 e. The summed E-state index contributed by atoms with van der Waals surface area (Å²) in [6.07, 6.45) is 0. The number of rotatable bonds is 9. The largest absolute Gasteiger partial charge is 0.308 e. The average molecular weight is 931 g/mol. The van der Waals surface area contributed by atoms with E-state index in [1.165, 1.54) is 0 Å². The summed E-state index contributed by atoms with van der Waals surface area (Å²) in [6.45, 7) is 8.15. The van der Waals surface area contributed by atoms with Crippen LogP contribution in [0.1, 0.15) is 11.1 Å². The Hall–Kier alpha value is -10.6. The Kier molecular flexibility index (Phi) is 11.2. The highest BCUT2D eigenvalue weighted by Gasteiger charge is 2.27. The van der Waals surface area contributed by atoms with Crippen molar-refractivity contribution in [2.75, 3.05) is 0 Å². The average Bonchev–Trinajstić information content (AvgIpc) is 3.79. The second kappa shape index (κ2) is 18.7. The van der Waals surface area contributed by atoms with Crippen LogP contribution in [-0.4, -0.2) is 24.5 Å². The van der Waals surface area contributed by atoms with Crippen LogP contribution < -0.4 is 0 Å². The molecule has 0 atom stereocenters. The van der Waals surface area contributed by atoms with E-state index in [4.69, 9.17) is 26.5 Å². The zero-order chi connectivity index (χ0) is 49.3. The molecule has 338 valence electrons. The quantitative estimate of drug-likeness (QED) is 0.133. The molecule has 0 amide bonds. The molecule has 73 heavy (non-hydrogen) atoms. The summed E-state index contributed by atoms with van der Waals surface area (Å²) in [5.41, 5.74) is 14.5. The molecule has 12 rings (SSSR count). The molecule has 0 aliphatic heterocycles. The first kappa shape index (κ1) is 43.7. The number of benzene rings is 9. The Labute approximate surface area is 421 Å². The van der Waals surface area contributed by atoms with Crippen LogP contribution in [0, 0.1) is 29.2 Å². The first-order valence-corrected chi connectivity index (χ1v) is 23.7. The van der Waals surface area contributed by atoms with Gasteiger partial charge in [0.2, 0.25) is 0 Å². The Morgan fingerprint density at radius 3 is 1.19 bits per heavy atom. The molecule has 0 saturated heterocycles. The third-order valence-electron chi connectivity index (χ3n) is 13.1. The fourth-order valence-electron chi connectivity index (χ4n) is 9.69. The third-order valence-corrected chi connectivity index (χ3v) is 13.1. The summed E-state index contributed by atoms with van der Waals surface area (Å²) in [6, 6.07) is 80.5. The van der Waals surface area contributed by atoms with Gasteiger partial charge in [0.1, 0.15) is 0 Å². The van der Waals surface area contributed by atoms with Crippen molar-refractivity contribution in [1.82, 2.24) is 24.5 Å². The predicted molar refractivity (Wildman–Crippen MR) is 291 cm³/mol. The molecule has 0 aliphatic carbocycles. The van der Waals surface area contributed by atoms with Crippen LogP contribution in [0.5, 0.6) is 0 Å². The molecule has 8 nitrogen and oxygen atoms in total. The molecule has 3 heterocycles. The topological polar surface area (TPSA) is 108 Å². The van der Waals surface area contributed by atoms with Crippen LogP contribution in [0.3, 0.4) is 0 Å². The Balaban J connectivity index is 1.27. The normalized spacial score (nSPS) is 11.0. The monoisotopic (exact) mass is 930 g/mol. The van der Waals surface area contributed by atoms with Crippen molar-refractivity contribution in [2.45, 2.75) is 0 Å². The third kappa shape index (κ3) is 8.12. The van der Waals surface area contributed by atoms with Crippen LogP contribution in [0.4, 0.5) is 5.69 Å². The molecule has 3 aromatic heterocycles. The number of hydrogen-bond donors (Lipinski definition) is 0. The summed E-state index contributed by atoms with van der Waals surface area (Å²) in [4.78, 5) is 25.5. The van der Waals surface area contributed by atoms with E-state index in [-0.39, 0.29) is 0 Å². The van der Waals surface area contributed by atoms with E-state index >= 15 is 0 Å². The highest BCUT2D eigenvalue weighted by atomic mass is 15.0. The molecule has 0 N–H and O–H groups in total. The molecular weight excluding hydrogens is 893 g/mol. The van der Waals surface area contributed by atoms with E-state index in [9.17, 15) is 10.5 Å². The molecule has 0 radical (unpaired) electrons. The molecule has 12 aromatic rings. The number of fused-ring (bicyclic) bond motifs is 3. The number of para-hydroxylation sites is 1. The van der Waals surface area contributed by atoms with Crippen molar-refractivity contribution >= 4 is 27.5 Å².